The van der Waals surface area contributed by atoms with E-state index in [4.69, 9.17) is 10.2 Å². The summed E-state index contributed by atoms with van der Waals surface area (Å²) in [6.07, 6.45) is 0. The number of carboxylic acids is 1. The standard InChI is InChI=1S/C11H13BrN2O4/c1-6-2-7(12)4-8(3-6)13-11(18)14-9(5-15)10(16)17/h2-4,9,15H,5H2,1H3,(H,16,17)(H2,13,14,18). The van der Waals surface area contributed by atoms with Crippen LogP contribution in [0.25, 0.3) is 0 Å². The summed E-state index contributed by atoms with van der Waals surface area (Å²) in [5, 5.41) is 22.1. The number of carbonyl (C=O) groups is 2. The van der Waals surface area contributed by atoms with Crippen molar-refractivity contribution in [2.75, 3.05) is 11.9 Å². The van der Waals surface area contributed by atoms with Gasteiger partial charge in [0.25, 0.3) is 0 Å². The first-order chi connectivity index (χ1) is 8.42. The Bertz CT molecular complexity index is 444. The quantitative estimate of drug-likeness (QED) is 0.673. The third-order valence-corrected chi connectivity index (χ3v) is 2.54. The van der Waals surface area contributed by atoms with Crippen molar-refractivity contribution in [1.29, 1.82) is 0 Å². The van der Waals surface area contributed by atoms with Crippen molar-refractivity contribution in [3.05, 3.63) is 28.2 Å². The summed E-state index contributed by atoms with van der Waals surface area (Å²) in [4.78, 5) is 22.1. The molecule has 0 saturated heterocycles. The van der Waals surface area contributed by atoms with Crippen LogP contribution in [0.5, 0.6) is 0 Å². The van der Waals surface area contributed by atoms with Crippen LogP contribution < -0.4 is 10.6 Å². The first-order valence-corrected chi connectivity index (χ1v) is 5.90. The average Bonchev–Trinajstić information content (AvgIpc) is 2.23. The second kappa shape index (κ2) is 6.36. The Morgan fingerprint density at radius 3 is 2.56 bits per heavy atom. The maximum atomic E-state index is 11.5. The van der Waals surface area contributed by atoms with E-state index in [-0.39, 0.29) is 0 Å². The lowest BCUT2D eigenvalue weighted by atomic mass is 10.2. The molecule has 0 aliphatic heterocycles. The molecule has 0 aliphatic carbocycles. The first-order valence-electron chi connectivity index (χ1n) is 5.10. The van der Waals surface area contributed by atoms with Crippen molar-refractivity contribution >= 4 is 33.6 Å². The maximum absolute atomic E-state index is 11.5. The minimum Gasteiger partial charge on any atom is -0.480 e. The lowest BCUT2D eigenvalue weighted by Crippen LogP contribution is -2.45. The summed E-state index contributed by atoms with van der Waals surface area (Å²) in [6.45, 7) is 1.20. The molecule has 0 aromatic heterocycles. The van der Waals surface area contributed by atoms with Crippen LogP contribution in [0.15, 0.2) is 22.7 Å². The number of nitrogens with one attached hydrogen (secondary N) is 2. The smallest absolute Gasteiger partial charge is 0.328 e. The Balaban J connectivity index is 2.67. The zero-order valence-corrected chi connectivity index (χ0v) is 11.2. The molecule has 0 bridgehead atoms. The molecule has 0 radical (unpaired) electrons. The lowest BCUT2D eigenvalue weighted by Gasteiger charge is -2.13. The molecule has 1 aromatic rings. The predicted octanol–water partition coefficient (Wildman–Crippen LogP) is 1.32. The maximum Gasteiger partial charge on any atom is 0.328 e. The number of benzene rings is 1. The van der Waals surface area contributed by atoms with Crippen molar-refractivity contribution in [1.82, 2.24) is 5.32 Å². The number of aryl methyl sites for hydroxylation is 1. The minimum atomic E-state index is -1.32. The number of aliphatic carboxylic acids is 1. The molecule has 1 aromatic carbocycles. The van der Waals surface area contributed by atoms with Crippen LogP contribution >= 0.6 is 15.9 Å². The van der Waals surface area contributed by atoms with E-state index in [1.165, 1.54) is 0 Å². The number of rotatable bonds is 4. The van der Waals surface area contributed by atoms with Gasteiger partial charge in [-0.1, -0.05) is 15.9 Å². The third kappa shape index (κ3) is 4.34. The number of aliphatic hydroxyl groups excluding tert-OH is 1. The van der Waals surface area contributed by atoms with Crippen molar-refractivity contribution < 1.29 is 19.8 Å². The summed E-state index contributed by atoms with van der Waals surface area (Å²) < 4.78 is 0.801. The van der Waals surface area contributed by atoms with Crippen LogP contribution in [-0.2, 0) is 4.79 Å². The van der Waals surface area contributed by atoms with Gasteiger partial charge >= 0.3 is 12.0 Å². The molecular weight excluding hydrogens is 304 g/mol. The van der Waals surface area contributed by atoms with Crippen molar-refractivity contribution in [2.24, 2.45) is 0 Å². The van der Waals surface area contributed by atoms with Gasteiger partial charge < -0.3 is 20.8 Å². The van der Waals surface area contributed by atoms with Gasteiger partial charge in [0.15, 0.2) is 6.04 Å². The first kappa shape index (κ1) is 14.5. The Kier molecular flexibility index (Phi) is 5.11. The van der Waals surface area contributed by atoms with E-state index in [0.29, 0.717) is 5.69 Å². The highest BCUT2D eigenvalue weighted by Gasteiger charge is 2.18. The number of anilines is 1. The van der Waals surface area contributed by atoms with Gasteiger partial charge in [-0.15, -0.1) is 0 Å². The number of halogens is 1. The fraction of sp³-hybridized carbons (Fsp3) is 0.273. The molecule has 0 aliphatic rings. The van der Waals surface area contributed by atoms with E-state index in [1.807, 2.05) is 13.0 Å². The molecule has 0 spiro atoms. The SMILES string of the molecule is Cc1cc(Br)cc(NC(=O)NC(CO)C(=O)O)c1. The van der Waals surface area contributed by atoms with Crippen molar-refractivity contribution in [2.45, 2.75) is 13.0 Å². The molecule has 18 heavy (non-hydrogen) atoms. The van der Waals surface area contributed by atoms with Gasteiger partial charge in [-0.25, -0.2) is 9.59 Å². The average molecular weight is 317 g/mol. The monoisotopic (exact) mass is 316 g/mol. The second-order valence-corrected chi connectivity index (χ2v) is 4.60. The molecule has 7 heteroatoms. The van der Waals surface area contributed by atoms with Gasteiger partial charge in [0.2, 0.25) is 0 Å². The van der Waals surface area contributed by atoms with E-state index in [2.05, 4.69) is 26.6 Å². The van der Waals surface area contributed by atoms with Crippen molar-refractivity contribution in [3.63, 3.8) is 0 Å². The fourth-order valence-electron chi connectivity index (χ4n) is 1.32. The Hall–Kier alpha value is -1.60. The van der Waals surface area contributed by atoms with Crippen LogP contribution in [0.2, 0.25) is 0 Å². The molecule has 1 rings (SSSR count). The number of amides is 2. The van der Waals surface area contributed by atoms with E-state index in [9.17, 15) is 9.59 Å². The highest BCUT2D eigenvalue weighted by molar-refractivity contribution is 9.10. The fourth-order valence-corrected chi connectivity index (χ4v) is 1.93. The van der Waals surface area contributed by atoms with Crippen LogP contribution in [0.3, 0.4) is 0 Å². The van der Waals surface area contributed by atoms with E-state index >= 15 is 0 Å². The highest BCUT2D eigenvalue weighted by Crippen LogP contribution is 2.18. The van der Waals surface area contributed by atoms with Crippen LogP contribution in [-0.4, -0.2) is 34.9 Å². The number of hydrogen-bond acceptors (Lipinski definition) is 3. The highest BCUT2D eigenvalue weighted by atomic mass is 79.9. The van der Waals surface area contributed by atoms with Gasteiger partial charge in [-0.2, -0.15) is 0 Å². The molecule has 0 fully saturated rings. The number of urea groups is 1. The number of aliphatic hydroxyl groups is 1. The van der Waals surface area contributed by atoms with Gasteiger partial charge in [-0.3, -0.25) is 0 Å². The molecule has 1 unspecified atom stereocenters. The second-order valence-electron chi connectivity index (χ2n) is 3.69. The van der Waals surface area contributed by atoms with E-state index in [0.717, 1.165) is 10.0 Å². The summed E-state index contributed by atoms with van der Waals surface area (Å²) >= 11 is 3.28. The number of carboxylic acid groups (broad SMARTS) is 1. The van der Waals surface area contributed by atoms with Crippen molar-refractivity contribution in [3.8, 4) is 0 Å². The zero-order chi connectivity index (χ0) is 13.7. The number of hydrogen-bond donors (Lipinski definition) is 4. The van der Waals surface area contributed by atoms with Crippen LogP contribution in [0, 0.1) is 6.92 Å². The molecule has 6 nitrogen and oxygen atoms in total. The molecule has 98 valence electrons. The van der Waals surface area contributed by atoms with Crippen LogP contribution in [0.4, 0.5) is 10.5 Å². The minimum absolute atomic E-state index is 0.529. The van der Waals surface area contributed by atoms with Gasteiger partial charge in [-0.05, 0) is 30.7 Å². The van der Waals surface area contributed by atoms with Crippen LogP contribution in [0.1, 0.15) is 5.56 Å². The summed E-state index contributed by atoms with van der Waals surface area (Å²) in [6, 6.07) is 3.28. The van der Waals surface area contributed by atoms with E-state index in [1.54, 1.807) is 12.1 Å². The summed E-state index contributed by atoms with van der Waals surface area (Å²) in [5.74, 6) is -1.29. The molecule has 4 N–H and O–H groups in total. The normalized spacial score (nSPS) is 11.7. The molecular formula is C11H13BrN2O4. The molecule has 0 heterocycles. The number of carbonyl (C=O) groups excluding carboxylic acids is 1. The Morgan fingerprint density at radius 1 is 1.39 bits per heavy atom. The largest absolute Gasteiger partial charge is 0.480 e. The lowest BCUT2D eigenvalue weighted by molar-refractivity contribution is -0.140. The predicted molar refractivity (Wildman–Crippen MR) is 69.5 cm³/mol. The Morgan fingerprint density at radius 2 is 2.06 bits per heavy atom. The zero-order valence-electron chi connectivity index (χ0n) is 9.61. The van der Waals surface area contributed by atoms with Gasteiger partial charge in [0, 0.05) is 10.2 Å². The van der Waals surface area contributed by atoms with E-state index < -0.39 is 24.6 Å². The molecule has 2 amide bonds. The van der Waals surface area contributed by atoms with Gasteiger partial charge in [0.1, 0.15) is 0 Å². The Labute approximate surface area is 112 Å². The summed E-state index contributed by atoms with van der Waals surface area (Å²) in [7, 11) is 0. The van der Waals surface area contributed by atoms with Gasteiger partial charge in [0.05, 0.1) is 6.61 Å². The molecule has 1 atom stereocenters. The topological polar surface area (TPSA) is 98.7 Å². The molecule has 0 saturated carbocycles. The summed E-state index contributed by atoms with van der Waals surface area (Å²) in [5.41, 5.74) is 1.47. The third-order valence-electron chi connectivity index (χ3n) is 2.09.